The van der Waals surface area contributed by atoms with Crippen molar-refractivity contribution in [2.45, 2.75) is 41.0 Å². The van der Waals surface area contributed by atoms with Crippen molar-refractivity contribution >= 4 is 33.4 Å². The summed E-state index contributed by atoms with van der Waals surface area (Å²) in [5.41, 5.74) is 8.10. The van der Waals surface area contributed by atoms with E-state index >= 15 is 0 Å². The molecule has 4 rings (SSSR count). The predicted molar refractivity (Wildman–Crippen MR) is 166 cm³/mol. The Kier molecular flexibility index (Phi) is 8.62. The van der Waals surface area contributed by atoms with Gasteiger partial charge >= 0.3 is 0 Å². The molecular weight excluding hydrogens is 500 g/mol. The molecule has 4 aromatic heterocycles. The number of thiophene rings is 1. The van der Waals surface area contributed by atoms with E-state index in [9.17, 15) is 0 Å². The number of aromatic nitrogens is 5. The first kappa shape index (κ1) is 27.8. The van der Waals surface area contributed by atoms with Gasteiger partial charge in [0.05, 0.1) is 23.1 Å². The molecule has 0 aliphatic carbocycles. The maximum absolute atomic E-state index is 4.99. The fourth-order valence-electron chi connectivity index (χ4n) is 4.43. The first-order valence-corrected chi connectivity index (χ1v) is 13.8. The van der Waals surface area contributed by atoms with E-state index in [1.165, 1.54) is 4.88 Å². The van der Waals surface area contributed by atoms with Gasteiger partial charge in [-0.2, -0.15) is 5.10 Å². The van der Waals surface area contributed by atoms with Gasteiger partial charge < -0.3 is 10.3 Å². The minimum atomic E-state index is 0.518. The lowest BCUT2D eigenvalue weighted by molar-refractivity contribution is 0.622. The van der Waals surface area contributed by atoms with E-state index in [-0.39, 0.29) is 0 Å². The molecule has 6 nitrogen and oxygen atoms in total. The van der Waals surface area contributed by atoms with Gasteiger partial charge in [0.25, 0.3) is 0 Å². The lowest BCUT2D eigenvalue weighted by Crippen LogP contribution is -2.12. The molecule has 0 fully saturated rings. The van der Waals surface area contributed by atoms with Gasteiger partial charge in [-0.15, -0.1) is 11.3 Å². The van der Waals surface area contributed by atoms with Crippen LogP contribution in [-0.4, -0.2) is 25.1 Å². The normalized spacial score (nSPS) is 12.8. The summed E-state index contributed by atoms with van der Waals surface area (Å²) in [5, 5.41) is 12.0. The predicted octanol–water partition coefficient (Wildman–Crippen LogP) is 8.27. The van der Waals surface area contributed by atoms with Gasteiger partial charge in [-0.1, -0.05) is 51.8 Å². The number of aryl methyl sites for hydroxylation is 2. The number of aromatic amines is 2. The molecule has 4 aromatic rings. The SMILES string of the molecule is C=C/C=C(/c1ccc(C)s1)c1nc(-c2n[nH]c3cnc(C(/C=C(\C=C)NC(=C)CC(C)C)=C/C)cc23)[nH]c1C. The summed E-state index contributed by atoms with van der Waals surface area (Å²) in [4.78, 5) is 15.5. The smallest absolute Gasteiger partial charge is 0.159 e. The van der Waals surface area contributed by atoms with E-state index < -0.39 is 0 Å². The fourth-order valence-corrected chi connectivity index (χ4v) is 5.33. The monoisotopic (exact) mass is 536 g/mol. The van der Waals surface area contributed by atoms with Gasteiger partial charge in [0, 0.05) is 37.8 Å². The molecule has 0 aliphatic heterocycles. The number of fused-ring (bicyclic) bond motifs is 1. The highest BCUT2D eigenvalue weighted by Crippen LogP contribution is 2.33. The van der Waals surface area contributed by atoms with Gasteiger partial charge in [0.15, 0.2) is 5.82 Å². The summed E-state index contributed by atoms with van der Waals surface area (Å²) in [6.07, 6.45) is 12.4. The van der Waals surface area contributed by atoms with E-state index in [1.54, 1.807) is 23.5 Å². The Morgan fingerprint density at radius 1 is 1.21 bits per heavy atom. The van der Waals surface area contributed by atoms with Gasteiger partial charge in [0.1, 0.15) is 5.69 Å². The zero-order valence-electron chi connectivity index (χ0n) is 23.4. The summed E-state index contributed by atoms with van der Waals surface area (Å²) in [6, 6.07) is 6.29. The topological polar surface area (TPSA) is 82.3 Å². The van der Waals surface area contributed by atoms with Crippen LogP contribution < -0.4 is 5.32 Å². The zero-order valence-corrected chi connectivity index (χ0v) is 24.2. The molecular formula is C32H36N6S. The molecule has 39 heavy (non-hydrogen) atoms. The number of allylic oxidation sites excluding steroid dienone is 7. The molecule has 0 saturated heterocycles. The molecule has 0 bridgehead atoms. The van der Waals surface area contributed by atoms with Crippen LogP contribution in [0.4, 0.5) is 0 Å². The molecule has 0 atom stereocenters. The highest BCUT2D eigenvalue weighted by molar-refractivity contribution is 7.13. The van der Waals surface area contributed by atoms with Crippen LogP contribution in [0, 0.1) is 19.8 Å². The fraction of sp³-hybridized carbons (Fsp3) is 0.219. The molecule has 3 N–H and O–H groups in total. The zero-order chi connectivity index (χ0) is 28.1. The van der Waals surface area contributed by atoms with E-state index in [4.69, 9.17) is 9.97 Å². The van der Waals surface area contributed by atoms with Gasteiger partial charge in [-0.05, 0) is 69.0 Å². The van der Waals surface area contributed by atoms with Crippen LogP contribution in [-0.2, 0) is 0 Å². The number of hydrogen-bond donors (Lipinski definition) is 3. The van der Waals surface area contributed by atoms with Crippen LogP contribution >= 0.6 is 11.3 Å². The molecule has 0 amide bonds. The van der Waals surface area contributed by atoms with Crippen molar-refractivity contribution in [3.8, 4) is 11.5 Å². The van der Waals surface area contributed by atoms with E-state index in [0.29, 0.717) is 11.7 Å². The maximum Gasteiger partial charge on any atom is 0.159 e. The molecule has 7 heteroatoms. The third kappa shape index (κ3) is 6.26. The summed E-state index contributed by atoms with van der Waals surface area (Å²) in [6.45, 7) is 22.5. The van der Waals surface area contributed by atoms with Crippen LogP contribution in [0.15, 0.2) is 85.9 Å². The summed E-state index contributed by atoms with van der Waals surface area (Å²) >= 11 is 1.74. The summed E-state index contributed by atoms with van der Waals surface area (Å²) in [7, 11) is 0. The Hall–Kier alpha value is -4.23. The van der Waals surface area contributed by atoms with Crippen LogP contribution in [0.1, 0.15) is 54.0 Å². The lowest BCUT2D eigenvalue weighted by Gasteiger charge is -2.13. The molecule has 0 saturated carbocycles. The lowest BCUT2D eigenvalue weighted by atomic mass is 10.1. The number of hydrogen-bond acceptors (Lipinski definition) is 5. The number of H-pyrrole nitrogens is 2. The Balaban J connectivity index is 1.71. The maximum atomic E-state index is 4.99. The minimum Gasteiger partial charge on any atom is -0.359 e. The Morgan fingerprint density at radius 2 is 2.00 bits per heavy atom. The van der Waals surface area contributed by atoms with Gasteiger partial charge in [0.2, 0.25) is 0 Å². The third-order valence-corrected chi connectivity index (χ3v) is 7.25. The van der Waals surface area contributed by atoms with Crippen molar-refractivity contribution in [1.82, 2.24) is 30.5 Å². The van der Waals surface area contributed by atoms with Gasteiger partial charge in [-0.3, -0.25) is 10.1 Å². The van der Waals surface area contributed by atoms with Crippen LogP contribution in [0.25, 0.3) is 33.6 Å². The first-order valence-electron chi connectivity index (χ1n) is 13.0. The molecule has 200 valence electrons. The second-order valence-electron chi connectivity index (χ2n) is 9.85. The van der Waals surface area contributed by atoms with Crippen LogP contribution in [0.3, 0.4) is 0 Å². The number of rotatable bonds is 11. The van der Waals surface area contributed by atoms with Crippen molar-refractivity contribution in [2.75, 3.05) is 0 Å². The van der Waals surface area contributed by atoms with Crippen molar-refractivity contribution in [1.29, 1.82) is 0 Å². The van der Waals surface area contributed by atoms with Crippen molar-refractivity contribution in [2.24, 2.45) is 5.92 Å². The highest BCUT2D eigenvalue weighted by atomic mass is 32.1. The number of imidazole rings is 1. The van der Waals surface area contributed by atoms with E-state index in [2.05, 4.69) is 73.1 Å². The van der Waals surface area contributed by atoms with E-state index in [1.807, 2.05) is 44.3 Å². The number of nitrogens with one attached hydrogen (secondary N) is 3. The van der Waals surface area contributed by atoms with E-state index in [0.717, 1.165) is 67.5 Å². The summed E-state index contributed by atoms with van der Waals surface area (Å²) in [5.74, 6) is 1.22. The van der Waals surface area contributed by atoms with Crippen LogP contribution in [0.2, 0.25) is 0 Å². The van der Waals surface area contributed by atoms with Crippen molar-refractivity contribution < 1.29 is 0 Å². The molecule has 0 aliphatic rings. The number of nitrogens with zero attached hydrogens (tertiary/aromatic N) is 3. The first-order chi connectivity index (χ1) is 18.7. The highest BCUT2D eigenvalue weighted by Gasteiger charge is 2.19. The average molecular weight is 537 g/mol. The van der Waals surface area contributed by atoms with Crippen LogP contribution in [0.5, 0.6) is 0 Å². The van der Waals surface area contributed by atoms with Gasteiger partial charge in [-0.25, -0.2) is 4.98 Å². The standard InChI is InChI=1S/C32H36N6S/c1-9-12-25(29-14-13-21(7)39-29)30-22(8)35-32(36-30)31-26-17-27(33-18-28(26)37-38-31)23(10-2)16-24(11-3)34-20(6)15-19(4)5/h9-14,16-19,34H,1,3,6,15H2,2,4-5,7-8H3,(H,35,36)(H,37,38)/b23-10+,24-16+,25-12-. The minimum absolute atomic E-state index is 0.518. The Labute approximate surface area is 234 Å². The molecule has 0 spiro atoms. The second kappa shape index (κ2) is 12.1. The largest absolute Gasteiger partial charge is 0.359 e. The number of pyridine rings is 1. The van der Waals surface area contributed by atoms with Crippen molar-refractivity contribution in [3.63, 3.8) is 0 Å². The second-order valence-corrected chi connectivity index (χ2v) is 11.1. The Bertz CT molecular complexity index is 1620. The average Bonchev–Trinajstić information content (AvgIpc) is 3.62. The Morgan fingerprint density at radius 3 is 2.64 bits per heavy atom. The molecule has 0 radical (unpaired) electrons. The molecule has 0 unspecified atom stereocenters. The molecule has 4 heterocycles. The third-order valence-electron chi connectivity index (χ3n) is 6.22. The van der Waals surface area contributed by atoms with Crippen molar-refractivity contribution in [3.05, 3.63) is 113 Å². The molecule has 0 aromatic carbocycles. The quantitative estimate of drug-likeness (QED) is 0.169. The summed E-state index contributed by atoms with van der Waals surface area (Å²) < 4.78 is 0.